The van der Waals surface area contributed by atoms with Gasteiger partial charge in [0.15, 0.2) is 0 Å². The van der Waals surface area contributed by atoms with E-state index in [0.717, 1.165) is 11.3 Å². The van der Waals surface area contributed by atoms with Crippen molar-refractivity contribution in [3.63, 3.8) is 0 Å². The van der Waals surface area contributed by atoms with Gasteiger partial charge in [-0.15, -0.1) is 0 Å². The Morgan fingerprint density at radius 1 is 1.29 bits per heavy atom. The summed E-state index contributed by atoms with van der Waals surface area (Å²) in [5.74, 6) is 0.422. The predicted octanol–water partition coefficient (Wildman–Crippen LogP) is 2.43. The van der Waals surface area contributed by atoms with E-state index in [1.54, 1.807) is 30.5 Å². The number of nitrogens with zero attached hydrogens (tertiary/aromatic N) is 1. The summed E-state index contributed by atoms with van der Waals surface area (Å²) in [5, 5.41) is 3.92. The molecule has 108 valence electrons. The molecule has 0 fully saturated rings. The average Bonchev–Trinajstić information content (AvgIpc) is 2.48. The summed E-state index contributed by atoms with van der Waals surface area (Å²) in [4.78, 5) is 11.9. The highest BCUT2D eigenvalue weighted by molar-refractivity contribution is 5.99. The fourth-order valence-electron chi connectivity index (χ4n) is 1.78. The van der Waals surface area contributed by atoms with E-state index in [2.05, 4.69) is 10.5 Å². The molecule has 2 aromatic rings. The number of hydrogen-bond donors (Lipinski definition) is 2. The smallest absolute Gasteiger partial charge is 0.273 e. The maximum Gasteiger partial charge on any atom is 0.273 e. The van der Waals surface area contributed by atoms with E-state index in [-0.39, 0.29) is 5.91 Å². The molecule has 0 bridgehead atoms. The number of carbonyl (C=O) groups excluding carboxylic acids is 1. The van der Waals surface area contributed by atoms with Gasteiger partial charge in [-0.1, -0.05) is 24.3 Å². The van der Waals surface area contributed by atoms with Crippen LogP contribution in [0, 0.1) is 0 Å². The normalized spacial score (nSPS) is 10.5. The van der Waals surface area contributed by atoms with Crippen molar-refractivity contribution in [3.05, 3.63) is 59.7 Å². The second-order valence-corrected chi connectivity index (χ2v) is 4.29. The van der Waals surface area contributed by atoms with Gasteiger partial charge in [-0.2, -0.15) is 5.10 Å². The van der Waals surface area contributed by atoms with Gasteiger partial charge in [-0.25, -0.2) is 5.43 Å². The maximum absolute atomic E-state index is 11.9. The van der Waals surface area contributed by atoms with Crippen LogP contribution < -0.4 is 15.9 Å². The van der Waals surface area contributed by atoms with Gasteiger partial charge >= 0.3 is 0 Å². The van der Waals surface area contributed by atoms with Gasteiger partial charge in [-0.3, -0.25) is 4.79 Å². The third kappa shape index (κ3) is 4.07. The Kier molecular flexibility index (Phi) is 4.93. The zero-order valence-corrected chi connectivity index (χ0v) is 11.7. The van der Waals surface area contributed by atoms with Gasteiger partial charge < -0.3 is 10.5 Å². The van der Waals surface area contributed by atoms with Crippen LogP contribution in [-0.2, 0) is 0 Å². The van der Waals surface area contributed by atoms with Crippen molar-refractivity contribution >= 4 is 17.8 Å². The number of hydrazone groups is 1. The first-order valence-corrected chi connectivity index (χ1v) is 6.61. The van der Waals surface area contributed by atoms with E-state index in [1.807, 2.05) is 31.2 Å². The van der Waals surface area contributed by atoms with Crippen molar-refractivity contribution in [1.82, 2.24) is 5.43 Å². The molecule has 21 heavy (non-hydrogen) atoms. The molecule has 2 rings (SSSR count). The number of carbonyl (C=O) groups is 1. The third-order valence-electron chi connectivity index (χ3n) is 2.75. The van der Waals surface area contributed by atoms with Crippen LogP contribution in [0.5, 0.6) is 5.75 Å². The van der Waals surface area contributed by atoms with Crippen LogP contribution in [0.4, 0.5) is 5.69 Å². The molecule has 0 radical (unpaired) electrons. The van der Waals surface area contributed by atoms with Crippen LogP contribution in [0.2, 0.25) is 0 Å². The first-order valence-electron chi connectivity index (χ1n) is 6.61. The van der Waals surface area contributed by atoms with E-state index in [4.69, 9.17) is 10.5 Å². The van der Waals surface area contributed by atoms with Gasteiger partial charge in [0.2, 0.25) is 0 Å². The topological polar surface area (TPSA) is 76.7 Å². The Hall–Kier alpha value is -2.82. The van der Waals surface area contributed by atoms with Crippen molar-refractivity contribution in [1.29, 1.82) is 0 Å². The van der Waals surface area contributed by atoms with Gasteiger partial charge in [0.05, 0.1) is 18.4 Å². The van der Waals surface area contributed by atoms with E-state index in [9.17, 15) is 4.79 Å². The van der Waals surface area contributed by atoms with Crippen molar-refractivity contribution in [2.75, 3.05) is 12.3 Å². The molecule has 0 aliphatic rings. The Morgan fingerprint density at radius 3 is 2.86 bits per heavy atom. The number of benzene rings is 2. The molecule has 1 amide bonds. The monoisotopic (exact) mass is 283 g/mol. The standard InChI is InChI=1S/C16H17N3O2/c1-2-21-13-7-5-6-12(10-13)11-18-19-16(20)14-8-3-4-9-15(14)17/h3-11H,2,17H2,1H3,(H,19,20)/b18-11-. The number of nitrogens with two attached hydrogens (primary N) is 1. The lowest BCUT2D eigenvalue weighted by molar-refractivity contribution is 0.0956. The molecule has 0 aliphatic heterocycles. The number of nitrogen functional groups attached to an aromatic ring is 1. The molecule has 3 N–H and O–H groups in total. The highest BCUT2D eigenvalue weighted by Crippen LogP contribution is 2.12. The molecule has 2 aromatic carbocycles. The summed E-state index contributed by atoms with van der Waals surface area (Å²) < 4.78 is 5.39. The minimum atomic E-state index is -0.342. The van der Waals surface area contributed by atoms with Crippen molar-refractivity contribution in [3.8, 4) is 5.75 Å². The van der Waals surface area contributed by atoms with Gasteiger partial charge in [0, 0.05) is 5.69 Å². The van der Waals surface area contributed by atoms with Crippen LogP contribution in [0.1, 0.15) is 22.8 Å². The molecule has 0 atom stereocenters. The van der Waals surface area contributed by atoms with E-state index in [0.29, 0.717) is 17.9 Å². The molecule has 0 heterocycles. The summed E-state index contributed by atoms with van der Waals surface area (Å²) in [6.07, 6.45) is 1.56. The summed E-state index contributed by atoms with van der Waals surface area (Å²) in [6, 6.07) is 14.3. The average molecular weight is 283 g/mol. The lowest BCUT2D eigenvalue weighted by Crippen LogP contribution is -2.18. The highest BCUT2D eigenvalue weighted by atomic mass is 16.5. The maximum atomic E-state index is 11.9. The molecule has 0 saturated heterocycles. The quantitative estimate of drug-likeness (QED) is 0.502. The lowest BCUT2D eigenvalue weighted by Gasteiger charge is -2.04. The number of hydrogen-bond acceptors (Lipinski definition) is 4. The fourth-order valence-corrected chi connectivity index (χ4v) is 1.78. The predicted molar refractivity (Wildman–Crippen MR) is 83.5 cm³/mol. The number of nitrogens with one attached hydrogen (secondary N) is 1. The minimum absolute atomic E-state index is 0.342. The van der Waals surface area contributed by atoms with Crippen LogP contribution in [0.25, 0.3) is 0 Å². The van der Waals surface area contributed by atoms with Gasteiger partial charge in [0.1, 0.15) is 5.75 Å². The first-order chi connectivity index (χ1) is 10.2. The largest absolute Gasteiger partial charge is 0.494 e. The van der Waals surface area contributed by atoms with Crippen molar-refractivity contribution < 1.29 is 9.53 Å². The molecule has 0 spiro atoms. The third-order valence-corrected chi connectivity index (χ3v) is 2.75. The molecular formula is C16H17N3O2. The fraction of sp³-hybridized carbons (Fsp3) is 0.125. The molecule has 5 nitrogen and oxygen atoms in total. The zero-order chi connectivity index (χ0) is 15.1. The summed E-state index contributed by atoms with van der Waals surface area (Å²) >= 11 is 0. The number of ether oxygens (including phenoxy) is 1. The zero-order valence-electron chi connectivity index (χ0n) is 11.7. The van der Waals surface area contributed by atoms with Crippen LogP contribution in [0.15, 0.2) is 53.6 Å². The Balaban J connectivity index is 2.01. The first kappa shape index (κ1) is 14.6. The summed E-state index contributed by atoms with van der Waals surface area (Å²) in [7, 11) is 0. The lowest BCUT2D eigenvalue weighted by atomic mass is 10.2. The van der Waals surface area contributed by atoms with Crippen LogP contribution >= 0.6 is 0 Å². The molecular weight excluding hydrogens is 266 g/mol. The Bertz CT molecular complexity index is 653. The second-order valence-electron chi connectivity index (χ2n) is 4.29. The SMILES string of the molecule is CCOc1cccc(/C=N\NC(=O)c2ccccc2N)c1. The molecule has 0 aromatic heterocycles. The summed E-state index contributed by atoms with van der Waals surface area (Å²) in [6.45, 7) is 2.52. The number of para-hydroxylation sites is 1. The second kappa shape index (κ2) is 7.09. The van der Waals surface area contributed by atoms with Crippen LogP contribution in [-0.4, -0.2) is 18.7 Å². The van der Waals surface area contributed by atoms with Crippen LogP contribution in [0.3, 0.4) is 0 Å². The molecule has 5 heteroatoms. The molecule has 0 saturated carbocycles. The highest BCUT2D eigenvalue weighted by Gasteiger charge is 2.06. The number of amides is 1. The van der Waals surface area contributed by atoms with E-state index in [1.165, 1.54) is 0 Å². The molecule has 0 aliphatic carbocycles. The minimum Gasteiger partial charge on any atom is -0.494 e. The Morgan fingerprint density at radius 2 is 2.10 bits per heavy atom. The van der Waals surface area contributed by atoms with E-state index >= 15 is 0 Å². The van der Waals surface area contributed by atoms with Crippen molar-refractivity contribution in [2.24, 2.45) is 5.10 Å². The van der Waals surface area contributed by atoms with Crippen molar-refractivity contribution in [2.45, 2.75) is 6.92 Å². The van der Waals surface area contributed by atoms with Gasteiger partial charge in [0.25, 0.3) is 5.91 Å². The molecule has 0 unspecified atom stereocenters. The number of rotatable bonds is 5. The summed E-state index contributed by atoms with van der Waals surface area (Å²) in [5.41, 5.74) is 9.83. The Labute approximate surface area is 123 Å². The van der Waals surface area contributed by atoms with Gasteiger partial charge in [-0.05, 0) is 36.8 Å². The van der Waals surface area contributed by atoms with E-state index < -0.39 is 0 Å². The number of anilines is 1.